The summed E-state index contributed by atoms with van der Waals surface area (Å²) < 4.78 is 24.0. The Morgan fingerprint density at radius 2 is 2.10 bits per heavy atom. The van der Waals surface area contributed by atoms with E-state index in [0.29, 0.717) is 16.5 Å². The van der Waals surface area contributed by atoms with Crippen LogP contribution in [0.3, 0.4) is 0 Å². The van der Waals surface area contributed by atoms with E-state index in [1.807, 2.05) is 30.3 Å². The smallest absolute Gasteiger partial charge is 0.270 e. The Morgan fingerprint density at radius 3 is 2.81 bits per heavy atom. The standard InChI is InChI=1S/C21H24ClN3O5S/c1-24-19(26)16-14(8-12(22)9-25-16)31-21-18(27-2)15(23)17-13(29-21)10-28-20(30-17)11-6-4-3-5-7-11/h3-9,13,15,17-18,20-21H,10,23H2,1-2H3,(H,24,26). The van der Waals surface area contributed by atoms with Gasteiger partial charge in [-0.05, 0) is 6.07 Å². The summed E-state index contributed by atoms with van der Waals surface area (Å²) in [6, 6.07) is 10.9. The van der Waals surface area contributed by atoms with Gasteiger partial charge in [0.2, 0.25) is 0 Å². The number of carbonyl (C=O) groups is 1. The summed E-state index contributed by atoms with van der Waals surface area (Å²) in [6.07, 6.45) is -0.362. The lowest BCUT2D eigenvalue weighted by molar-refractivity contribution is -0.298. The number of hydrogen-bond acceptors (Lipinski definition) is 8. The van der Waals surface area contributed by atoms with Crippen LogP contribution in [0.4, 0.5) is 0 Å². The number of fused-ring (bicyclic) bond motifs is 1. The topological polar surface area (TPSA) is 105 Å². The van der Waals surface area contributed by atoms with Crippen molar-refractivity contribution in [2.45, 2.75) is 41.0 Å². The summed E-state index contributed by atoms with van der Waals surface area (Å²) in [5, 5.41) is 3.00. The number of pyridine rings is 1. The first kappa shape index (κ1) is 22.5. The second kappa shape index (κ2) is 9.83. The highest BCUT2D eigenvalue weighted by atomic mass is 35.5. The minimum Gasteiger partial charge on any atom is -0.376 e. The average molecular weight is 466 g/mol. The molecule has 0 bridgehead atoms. The Kier molecular flexibility index (Phi) is 7.12. The molecule has 1 aromatic heterocycles. The summed E-state index contributed by atoms with van der Waals surface area (Å²) in [5.41, 5.74) is 7.23. The maximum atomic E-state index is 12.2. The summed E-state index contributed by atoms with van der Waals surface area (Å²) in [4.78, 5) is 17.0. The van der Waals surface area contributed by atoms with Crippen LogP contribution in [0.15, 0.2) is 47.5 Å². The highest BCUT2D eigenvalue weighted by Gasteiger charge is 2.49. The quantitative estimate of drug-likeness (QED) is 0.693. The van der Waals surface area contributed by atoms with E-state index < -0.39 is 30.0 Å². The van der Waals surface area contributed by atoms with Crippen LogP contribution in [0.25, 0.3) is 0 Å². The number of rotatable bonds is 5. The number of amides is 1. The summed E-state index contributed by atoms with van der Waals surface area (Å²) in [6.45, 7) is 0.321. The largest absolute Gasteiger partial charge is 0.376 e. The van der Waals surface area contributed by atoms with Crippen molar-refractivity contribution >= 4 is 29.3 Å². The fourth-order valence-electron chi connectivity index (χ4n) is 3.69. The zero-order valence-corrected chi connectivity index (χ0v) is 18.6. The van der Waals surface area contributed by atoms with E-state index in [9.17, 15) is 4.79 Å². The van der Waals surface area contributed by atoms with E-state index in [1.54, 1.807) is 20.2 Å². The van der Waals surface area contributed by atoms with E-state index in [-0.39, 0.29) is 17.7 Å². The van der Waals surface area contributed by atoms with Gasteiger partial charge in [0.1, 0.15) is 29.4 Å². The molecule has 6 unspecified atom stereocenters. The molecule has 0 aliphatic carbocycles. The van der Waals surface area contributed by atoms with Gasteiger partial charge >= 0.3 is 0 Å². The van der Waals surface area contributed by atoms with E-state index in [2.05, 4.69) is 10.3 Å². The van der Waals surface area contributed by atoms with Crippen molar-refractivity contribution in [1.29, 1.82) is 0 Å². The third-order valence-electron chi connectivity index (χ3n) is 5.24. The van der Waals surface area contributed by atoms with E-state index in [4.69, 9.17) is 36.3 Å². The van der Waals surface area contributed by atoms with Gasteiger partial charge in [-0.1, -0.05) is 53.7 Å². The van der Waals surface area contributed by atoms with Gasteiger partial charge in [0.25, 0.3) is 5.91 Å². The minimum absolute atomic E-state index is 0.256. The molecule has 0 spiro atoms. The molecule has 2 aliphatic rings. The highest BCUT2D eigenvalue weighted by molar-refractivity contribution is 8.00. The molecule has 1 aromatic carbocycles. The molecule has 6 atom stereocenters. The van der Waals surface area contributed by atoms with Crippen molar-refractivity contribution in [2.75, 3.05) is 20.8 Å². The molecule has 3 N–H and O–H groups in total. The average Bonchev–Trinajstić information content (AvgIpc) is 2.79. The molecule has 0 radical (unpaired) electrons. The number of carbonyl (C=O) groups excluding carboxylic acids is 1. The van der Waals surface area contributed by atoms with Gasteiger partial charge in [0.15, 0.2) is 6.29 Å². The van der Waals surface area contributed by atoms with Gasteiger partial charge in [-0.2, -0.15) is 0 Å². The van der Waals surface area contributed by atoms with Crippen LogP contribution in [-0.4, -0.2) is 61.4 Å². The molecule has 2 saturated heterocycles. The molecule has 8 nitrogen and oxygen atoms in total. The van der Waals surface area contributed by atoms with Crippen LogP contribution in [0.5, 0.6) is 0 Å². The maximum Gasteiger partial charge on any atom is 0.270 e. The normalized spacial score (nSPS) is 30.5. The predicted octanol–water partition coefficient (Wildman–Crippen LogP) is 2.37. The summed E-state index contributed by atoms with van der Waals surface area (Å²) >= 11 is 7.41. The van der Waals surface area contributed by atoms with Crippen molar-refractivity contribution in [3.05, 3.63) is 58.9 Å². The Labute approximate surface area is 189 Å². The third kappa shape index (κ3) is 4.73. The van der Waals surface area contributed by atoms with Crippen molar-refractivity contribution in [3.8, 4) is 0 Å². The van der Waals surface area contributed by atoms with Crippen LogP contribution in [0.2, 0.25) is 5.02 Å². The lowest BCUT2D eigenvalue weighted by Crippen LogP contribution is -2.64. The molecule has 2 fully saturated rings. The lowest BCUT2D eigenvalue weighted by atomic mass is 9.97. The number of aromatic nitrogens is 1. The van der Waals surface area contributed by atoms with Crippen LogP contribution in [0.1, 0.15) is 22.3 Å². The Bertz CT molecular complexity index is 921. The number of nitrogens with two attached hydrogens (primary N) is 1. The van der Waals surface area contributed by atoms with Crippen LogP contribution < -0.4 is 11.1 Å². The zero-order chi connectivity index (χ0) is 22.0. The van der Waals surface area contributed by atoms with Crippen LogP contribution in [0, 0.1) is 0 Å². The molecular formula is C21H24ClN3O5S. The Hall–Kier alpha value is -1.72. The van der Waals surface area contributed by atoms with Crippen molar-refractivity contribution in [2.24, 2.45) is 5.73 Å². The van der Waals surface area contributed by atoms with Gasteiger partial charge in [0, 0.05) is 30.8 Å². The third-order valence-corrected chi connectivity index (χ3v) is 6.63. The zero-order valence-electron chi connectivity index (χ0n) is 17.1. The molecular weight excluding hydrogens is 442 g/mol. The van der Waals surface area contributed by atoms with E-state index in [0.717, 1.165) is 5.56 Å². The number of nitrogens with zero attached hydrogens (tertiary/aromatic N) is 1. The first-order chi connectivity index (χ1) is 15.0. The van der Waals surface area contributed by atoms with Crippen LogP contribution in [-0.2, 0) is 18.9 Å². The number of nitrogens with one attached hydrogen (secondary N) is 1. The maximum absolute atomic E-state index is 12.2. The summed E-state index contributed by atoms with van der Waals surface area (Å²) in [7, 11) is 3.12. The molecule has 2 aliphatic heterocycles. The van der Waals surface area contributed by atoms with Crippen molar-refractivity contribution in [1.82, 2.24) is 10.3 Å². The molecule has 1 amide bonds. The molecule has 166 valence electrons. The number of methoxy groups -OCH3 is 1. The lowest BCUT2D eigenvalue weighted by Gasteiger charge is -2.48. The SMILES string of the molecule is CNC(=O)c1ncc(Cl)cc1SC1OC2COC(c3ccccc3)OC2C(N)C1OC. The molecule has 0 saturated carbocycles. The van der Waals surface area contributed by atoms with E-state index >= 15 is 0 Å². The second-order valence-electron chi connectivity index (χ2n) is 7.19. The van der Waals surface area contributed by atoms with Gasteiger partial charge in [-0.3, -0.25) is 4.79 Å². The van der Waals surface area contributed by atoms with Crippen LogP contribution >= 0.6 is 23.4 Å². The molecule has 2 aromatic rings. The molecule has 3 heterocycles. The van der Waals surface area contributed by atoms with Gasteiger partial charge in [0.05, 0.1) is 17.7 Å². The first-order valence-electron chi connectivity index (χ1n) is 9.82. The fraction of sp³-hybridized carbons (Fsp3) is 0.429. The monoisotopic (exact) mass is 465 g/mol. The predicted molar refractivity (Wildman–Crippen MR) is 116 cm³/mol. The number of ether oxygens (including phenoxy) is 4. The Morgan fingerprint density at radius 1 is 1.32 bits per heavy atom. The second-order valence-corrected chi connectivity index (χ2v) is 8.77. The minimum atomic E-state index is -0.518. The number of hydrogen-bond donors (Lipinski definition) is 2. The van der Waals surface area contributed by atoms with Crippen molar-refractivity contribution < 1.29 is 23.7 Å². The van der Waals surface area contributed by atoms with Gasteiger partial charge in [-0.15, -0.1) is 0 Å². The fourth-order valence-corrected chi connectivity index (χ4v) is 5.24. The first-order valence-corrected chi connectivity index (χ1v) is 11.1. The highest BCUT2D eigenvalue weighted by Crippen LogP contribution is 2.40. The Balaban J connectivity index is 1.54. The summed E-state index contributed by atoms with van der Waals surface area (Å²) in [5.74, 6) is -0.318. The molecule has 4 rings (SSSR count). The number of halogens is 1. The number of benzene rings is 1. The van der Waals surface area contributed by atoms with Gasteiger partial charge < -0.3 is 30.0 Å². The van der Waals surface area contributed by atoms with Gasteiger partial charge in [-0.25, -0.2) is 4.98 Å². The molecule has 10 heteroatoms. The number of thioether (sulfide) groups is 1. The van der Waals surface area contributed by atoms with Crippen molar-refractivity contribution in [3.63, 3.8) is 0 Å². The van der Waals surface area contributed by atoms with E-state index in [1.165, 1.54) is 18.0 Å². The molecule has 31 heavy (non-hydrogen) atoms.